The number of aliphatic hydroxyl groups is 1. The third-order valence-electron chi connectivity index (χ3n) is 3.16. The number of benzene rings is 1. The molecule has 0 saturated heterocycles. The molecule has 1 aromatic carbocycles. The Kier molecular flexibility index (Phi) is 5.12. The molecule has 0 radical (unpaired) electrons. The van der Waals surface area contributed by atoms with Gasteiger partial charge in [0, 0.05) is 19.1 Å². The van der Waals surface area contributed by atoms with Crippen LogP contribution in [0, 0.1) is 6.92 Å². The number of hydrogen-bond donors (Lipinski definition) is 1. The minimum Gasteiger partial charge on any atom is -0.385 e. The topological polar surface area (TPSA) is 23.5 Å². The minimum absolute atomic E-state index is 0.386. The van der Waals surface area contributed by atoms with Gasteiger partial charge in [-0.15, -0.1) is 6.58 Å². The maximum Gasteiger partial charge on any atom is 0.0923 e. The van der Waals surface area contributed by atoms with Crippen molar-refractivity contribution < 1.29 is 5.11 Å². The van der Waals surface area contributed by atoms with Gasteiger partial charge in [0.2, 0.25) is 0 Å². The van der Waals surface area contributed by atoms with Crippen molar-refractivity contribution in [2.75, 3.05) is 6.54 Å². The van der Waals surface area contributed by atoms with E-state index >= 15 is 0 Å². The Bertz CT molecular complexity index is 396. The highest BCUT2D eigenvalue weighted by molar-refractivity contribution is 5.22. The molecule has 1 atom stereocenters. The molecule has 0 bridgehead atoms. The first kappa shape index (κ1) is 14.9. The van der Waals surface area contributed by atoms with Crippen molar-refractivity contribution in [1.29, 1.82) is 0 Å². The lowest BCUT2D eigenvalue weighted by Gasteiger charge is -2.32. The van der Waals surface area contributed by atoms with Crippen LogP contribution in [-0.4, -0.2) is 28.2 Å². The summed E-state index contributed by atoms with van der Waals surface area (Å²) in [6, 6.07) is 8.89. The standard InChI is InChI=1S/C16H25NO/c1-6-16(5,18)12-17(13(2)3)11-15-9-7-8-14(4)10-15/h6-10,13,18H,1,11-12H2,2-5H3. The lowest BCUT2D eigenvalue weighted by molar-refractivity contribution is 0.0458. The van der Waals surface area contributed by atoms with Gasteiger partial charge in [-0.1, -0.05) is 35.9 Å². The zero-order chi connectivity index (χ0) is 13.8. The van der Waals surface area contributed by atoms with E-state index in [1.165, 1.54) is 11.1 Å². The third kappa shape index (κ3) is 4.63. The molecule has 1 aromatic rings. The second-order valence-electron chi connectivity index (χ2n) is 5.55. The van der Waals surface area contributed by atoms with E-state index in [0.717, 1.165) is 6.54 Å². The molecule has 0 aliphatic heterocycles. The predicted octanol–water partition coefficient (Wildman–Crippen LogP) is 3.14. The normalized spacial score (nSPS) is 14.8. The van der Waals surface area contributed by atoms with Crippen molar-refractivity contribution in [3.05, 3.63) is 48.0 Å². The molecule has 1 N–H and O–H groups in total. The van der Waals surface area contributed by atoms with E-state index in [1.807, 2.05) is 0 Å². The minimum atomic E-state index is -0.839. The lowest BCUT2D eigenvalue weighted by atomic mass is 10.0. The van der Waals surface area contributed by atoms with E-state index in [0.29, 0.717) is 12.6 Å². The Morgan fingerprint density at radius 2 is 2.11 bits per heavy atom. The fraction of sp³-hybridized carbons (Fsp3) is 0.500. The van der Waals surface area contributed by atoms with Crippen molar-refractivity contribution in [1.82, 2.24) is 4.90 Å². The summed E-state index contributed by atoms with van der Waals surface area (Å²) >= 11 is 0. The molecule has 1 unspecified atom stereocenters. The summed E-state index contributed by atoms with van der Waals surface area (Å²) in [6.07, 6.45) is 1.61. The van der Waals surface area contributed by atoms with Crippen LogP contribution in [0.5, 0.6) is 0 Å². The Labute approximate surface area is 111 Å². The van der Waals surface area contributed by atoms with Crippen LogP contribution in [0.15, 0.2) is 36.9 Å². The van der Waals surface area contributed by atoms with Crippen molar-refractivity contribution >= 4 is 0 Å². The van der Waals surface area contributed by atoms with E-state index in [4.69, 9.17) is 0 Å². The highest BCUT2D eigenvalue weighted by Crippen LogP contribution is 2.15. The SMILES string of the molecule is C=CC(C)(O)CN(Cc1cccc(C)c1)C(C)C. The monoisotopic (exact) mass is 247 g/mol. The largest absolute Gasteiger partial charge is 0.385 e. The molecule has 0 amide bonds. The van der Waals surface area contributed by atoms with Gasteiger partial charge in [0.25, 0.3) is 0 Å². The number of nitrogens with zero attached hydrogens (tertiary/aromatic N) is 1. The van der Waals surface area contributed by atoms with Gasteiger partial charge in [0.15, 0.2) is 0 Å². The van der Waals surface area contributed by atoms with Gasteiger partial charge in [-0.3, -0.25) is 4.90 Å². The maximum absolute atomic E-state index is 10.1. The van der Waals surface area contributed by atoms with Gasteiger partial charge >= 0.3 is 0 Å². The van der Waals surface area contributed by atoms with Crippen LogP contribution in [0.25, 0.3) is 0 Å². The van der Waals surface area contributed by atoms with Crippen LogP contribution < -0.4 is 0 Å². The summed E-state index contributed by atoms with van der Waals surface area (Å²) in [5.41, 5.74) is 1.71. The number of rotatable bonds is 6. The quantitative estimate of drug-likeness (QED) is 0.781. The van der Waals surface area contributed by atoms with E-state index in [1.54, 1.807) is 13.0 Å². The summed E-state index contributed by atoms with van der Waals surface area (Å²) < 4.78 is 0. The molecule has 0 spiro atoms. The van der Waals surface area contributed by atoms with Crippen LogP contribution in [0.3, 0.4) is 0 Å². The smallest absolute Gasteiger partial charge is 0.0923 e. The Hall–Kier alpha value is -1.12. The van der Waals surface area contributed by atoms with E-state index in [-0.39, 0.29) is 0 Å². The molecule has 1 rings (SSSR count). The Morgan fingerprint density at radius 1 is 1.44 bits per heavy atom. The molecule has 2 nitrogen and oxygen atoms in total. The zero-order valence-corrected chi connectivity index (χ0v) is 12.0. The predicted molar refractivity (Wildman–Crippen MR) is 77.5 cm³/mol. The van der Waals surface area contributed by atoms with Gasteiger partial charge in [-0.05, 0) is 33.3 Å². The fourth-order valence-corrected chi connectivity index (χ4v) is 1.94. The molecule has 0 aliphatic rings. The highest BCUT2D eigenvalue weighted by atomic mass is 16.3. The number of aryl methyl sites for hydroxylation is 1. The average Bonchev–Trinajstić information content (AvgIpc) is 2.28. The highest BCUT2D eigenvalue weighted by Gasteiger charge is 2.22. The van der Waals surface area contributed by atoms with Gasteiger partial charge < -0.3 is 5.11 Å². The van der Waals surface area contributed by atoms with E-state index < -0.39 is 5.60 Å². The second kappa shape index (κ2) is 6.17. The molecule has 0 fully saturated rings. The average molecular weight is 247 g/mol. The van der Waals surface area contributed by atoms with Crippen LogP contribution in [-0.2, 0) is 6.54 Å². The van der Waals surface area contributed by atoms with Gasteiger partial charge in [-0.25, -0.2) is 0 Å². The molecule has 0 heterocycles. The maximum atomic E-state index is 10.1. The van der Waals surface area contributed by atoms with E-state index in [2.05, 4.69) is 56.5 Å². The van der Waals surface area contributed by atoms with Crippen LogP contribution in [0.2, 0.25) is 0 Å². The first-order chi connectivity index (χ1) is 8.34. The fourth-order valence-electron chi connectivity index (χ4n) is 1.94. The summed E-state index contributed by atoms with van der Waals surface area (Å²) in [6.45, 7) is 13.3. The summed E-state index contributed by atoms with van der Waals surface area (Å²) in [5.74, 6) is 0. The molecule has 0 aliphatic carbocycles. The van der Waals surface area contributed by atoms with Gasteiger partial charge in [-0.2, -0.15) is 0 Å². The summed E-state index contributed by atoms with van der Waals surface area (Å²) in [7, 11) is 0. The zero-order valence-electron chi connectivity index (χ0n) is 12.0. The van der Waals surface area contributed by atoms with Crippen molar-refractivity contribution in [3.63, 3.8) is 0 Å². The molecule has 0 saturated carbocycles. The van der Waals surface area contributed by atoms with Crippen LogP contribution in [0.4, 0.5) is 0 Å². The molecule has 0 aromatic heterocycles. The van der Waals surface area contributed by atoms with Crippen molar-refractivity contribution in [3.8, 4) is 0 Å². The molecule has 2 heteroatoms. The first-order valence-electron chi connectivity index (χ1n) is 6.49. The van der Waals surface area contributed by atoms with Crippen molar-refractivity contribution in [2.45, 2.75) is 45.9 Å². The van der Waals surface area contributed by atoms with Gasteiger partial charge in [0.05, 0.1) is 5.60 Å². The number of hydrogen-bond acceptors (Lipinski definition) is 2. The van der Waals surface area contributed by atoms with E-state index in [9.17, 15) is 5.11 Å². The molecule has 100 valence electrons. The van der Waals surface area contributed by atoms with Crippen molar-refractivity contribution in [2.24, 2.45) is 0 Å². The Morgan fingerprint density at radius 3 is 2.61 bits per heavy atom. The second-order valence-corrected chi connectivity index (χ2v) is 5.55. The first-order valence-corrected chi connectivity index (χ1v) is 6.49. The Balaban J connectivity index is 2.78. The molecular weight excluding hydrogens is 222 g/mol. The van der Waals surface area contributed by atoms with Crippen LogP contribution >= 0.6 is 0 Å². The molecular formula is C16H25NO. The summed E-state index contributed by atoms with van der Waals surface area (Å²) in [4.78, 5) is 2.26. The lowest BCUT2D eigenvalue weighted by Crippen LogP contribution is -2.42. The molecule has 18 heavy (non-hydrogen) atoms. The van der Waals surface area contributed by atoms with Gasteiger partial charge in [0.1, 0.15) is 0 Å². The third-order valence-corrected chi connectivity index (χ3v) is 3.16. The van der Waals surface area contributed by atoms with Crippen LogP contribution in [0.1, 0.15) is 31.9 Å². The summed E-state index contributed by atoms with van der Waals surface area (Å²) in [5, 5.41) is 10.1.